The lowest BCUT2D eigenvalue weighted by Gasteiger charge is -2.11. The van der Waals surface area contributed by atoms with Crippen molar-refractivity contribution in [1.82, 2.24) is 15.1 Å². The first kappa shape index (κ1) is 13.4. The molecule has 1 heterocycles. The summed E-state index contributed by atoms with van der Waals surface area (Å²) >= 11 is 0. The second-order valence-corrected chi connectivity index (χ2v) is 4.14. The Bertz CT molecular complexity index is 667. The van der Waals surface area contributed by atoms with Crippen LogP contribution in [0, 0.1) is 18.6 Å². The van der Waals surface area contributed by atoms with Crippen LogP contribution in [-0.4, -0.2) is 16.8 Å². The highest BCUT2D eigenvalue weighted by molar-refractivity contribution is 5.33. The molecule has 2 rings (SSSR count). The molecule has 0 aliphatic heterocycles. The second kappa shape index (κ2) is 5.27. The predicted molar refractivity (Wildman–Crippen MR) is 67.3 cm³/mol. The molecule has 4 nitrogen and oxygen atoms in total. The Morgan fingerprint density at radius 1 is 1.26 bits per heavy atom. The summed E-state index contributed by atoms with van der Waals surface area (Å²) in [4.78, 5) is 11.7. The third kappa shape index (κ3) is 2.68. The molecule has 0 spiro atoms. The SMILES string of the molecule is CNCc1nn(-c2ccc(F)c(F)c2)c(C)cc1=O. The van der Waals surface area contributed by atoms with Crippen LogP contribution in [0.1, 0.15) is 11.4 Å². The van der Waals surface area contributed by atoms with Gasteiger partial charge in [0.15, 0.2) is 11.6 Å². The van der Waals surface area contributed by atoms with E-state index >= 15 is 0 Å². The zero-order chi connectivity index (χ0) is 14.0. The van der Waals surface area contributed by atoms with E-state index in [1.807, 2.05) is 0 Å². The fraction of sp³-hybridized carbons (Fsp3) is 0.231. The summed E-state index contributed by atoms with van der Waals surface area (Å²) in [6.07, 6.45) is 0. The first-order valence-corrected chi connectivity index (χ1v) is 5.73. The lowest BCUT2D eigenvalue weighted by molar-refractivity contribution is 0.507. The fourth-order valence-corrected chi connectivity index (χ4v) is 1.75. The summed E-state index contributed by atoms with van der Waals surface area (Å²) in [5, 5.41) is 6.99. The van der Waals surface area contributed by atoms with Crippen LogP contribution in [0.15, 0.2) is 29.1 Å². The van der Waals surface area contributed by atoms with Crippen molar-refractivity contribution in [3.8, 4) is 5.69 Å². The summed E-state index contributed by atoms with van der Waals surface area (Å²) in [5.74, 6) is -1.87. The Labute approximate surface area is 108 Å². The van der Waals surface area contributed by atoms with Crippen molar-refractivity contribution in [1.29, 1.82) is 0 Å². The molecule has 0 saturated carbocycles. The van der Waals surface area contributed by atoms with E-state index in [1.165, 1.54) is 16.8 Å². The van der Waals surface area contributed by atoms with Gasteiger partial charge in [0.05, 0.1) is 5.69 Å². The van der Waals surface area contributed by atoms with E-state index in [1.54, 1.807) is 14.0 Å². The van der Waals surface area contributed by atoms with Crippen LogP contribution in [0.3, 0.4) is 0 Å². The van der Waals surface area contributed by atoms with Gasteiger partial charge in [-0.3, -0.25) is 4.79 Å². The van der Waals surface area contributed by atoms with Gasteiger partial charge in [-0.05, 0) is 26.1 Å². The first-order valence-electron chi connectivity index (χ1n) is 5.73. The van der Waals surface area contributed by atoms with E-state index < -0.39 is 11.6 Å². The van der Waals surface area contributed by atoms with Crippen molar-refractivity contribution >= 4 is 0 Å². The van der Waals surface area contributed by atoms with Crippen molar-refractivity contribution in [3.05, 3.63) is 57.5 Å². The van der Waals surface area contributed by atoms with Gasteiger partial charge in [0.2, 0.25) is 5.43 Å². The molecule has 0 bridgehead atoms. The Kier molecular flexibility index (Phi) is 3.71. The average Bonchev–Trinajstić information content (AvgIpc) is 2.36. The molecule has 0 saturated heterocycles. The van der Waals surface area contributed by atoms with Crippen molar-refractivity contribution < 1.29 is 8.78 Å². The molecule has 0 amide bonds. The van der Waals surface area contributed by atoms with E-state index in [4.69, 9.17) is 0 Å². The third-order valence-corrected chi connectivity index (χ3v) is 2.67. The van der Waals surface area contributed by atoms with Gasteiger partial charge in [0.25, 0.3) is 0 Å². The maximum Gasteiger partial charge on any atom is 0.204 e. The quantitative estimate of drug-likeness (QED) is 0.915. The molecule has 0 fully saturated rings. The van der Waals surface area contributed by atoms with Crippen molar-refractivity contribution in [3.63, 3.8) is 0 Å². The number of aryl methyl sites for hydroxylation is 1. The molecule has 6 heteroatoms. The maximum absolute atomic E-state index is 13.2. The maximum atomic E-state index is 13.2. The first-order chi connectivity index (χ1) is 9.02. The number of hydrogen-bond acceptors (Lipinski definition) is 3. The van der Waals surface area contributed by atoms with Gasteiger partial charge in [0, 0.05) is 24.4 Å². The largest absolute Gasteiger partial charge is 0.314 e. The second-order valence-electron chi connectivity index (χ2n) is 4.14. The van der Waals surface area contributed by atoms with Crippen LogP contribution in [0.25, 0.3) is 5.69 Å². The Morgan fingerprint density at radius 3 is 2.63 bits per heavy atom. The highest BCUT2D eigenvalue weighted by atomic mass is 19.2. The van der Waals surface area contributed by atoms with E-state index in [2.05, 4.69) is 10.4 Å². The molecule has 2 aromatic rings. The summed E-state index contributed by atoms with van der Waals surface area (Å²) < 4.78 is 27.6. The van der Waals surface area contributed by atoms with Gasteiger partial charge in [-0.2, -0.15) is 5.10 Å². The zero-order valence-corrected chi connectivity index (χ0v) is 10.6. The molecule has 0 unspecified atom stereocenters. The molecule has 1 N–H and O–H groups in total. The van der Waals surface area contributed by atoms with Gasteiger partial charge in [-0.1, -0.05) is 0 Å². The highest BCUT2D eigenvalue weighted by Gasteiger charge is 2.09. The Balaban J connectivity index is 2.57. The smallest absolute Gasteiger partial charge is 0.204 e. The lowest BCUT2D eigenvalue weighted by Crippen LogP contribution is -2.22. The molecule has 19 heavy (non-hydrogen) atoms. The van der Waals surface area contributed by atoms with Crippen LogP contribution in [0.2, 0.25) is 0 Å². The van der Waals surface area contributed by atoms with Crippen molar-refractivity contribution in [2.45, 2.75) is 13.5 Å². The monoisotopic (exact) mass is 265 g/mol. The van der Waals surface area contributed by atoms with Crippen LogP contribution >= 0.6 is 0 Å². The van der Waals surface area contributed by atoms with Crippen molar-refractivity contribution in [2.24, 2.45) is 0 Å². The molecule has 0 aliphatic carbocycles. The number of aromatic nitrogens is 2. The highest BCUT2D eigenvalue weighted by Crippen LogP contribution is 2.13. The average molecular weight is 265 g/mol. The summed E-state index contributed by atoms with van der Waals surface area (Å²) in [6.45, 7) is 1.99. The van der Waals surface area contributed by atoms with Gasteiger partial charge < -0.3 is 5.32 Å². The van der Waals surface area contributed by atoms with E-state index in [-0.39, 0.29) is 5.43 Å². The number of benzene rings is 1. The number of rotatable bonds is 3. The van der Waals surface area contributed by atoms with Gasteiger partial charge in [-0.15, -0.1) is 0 Å². The van der Waals surface area contributed by atoms with Gasteiger partial charge in [-0.25, -0.2) is 13.5 Å². The molecule has 0 radical (unpaired) electrons. The molecular formula is C13H13F2N3O. The summed E-state index contributed by atoms with van der Waals surface area (Å²) in [5.41, 5.74) is 1.05. The normalized spacial score (nSPS) is 10.7. The molecule has 1 aromatic carbocycles. The minimum absolute atomic E-state index is 0.189. The van der Waals surface area contributed by atoms with Gasteiger partial charge >= 0.3 is 0 Å². The molecule has 100 valence electrons. The summed E-state index contributed by atoms with van der Waals surface area (Å²) in [7, 11) is 1.70. The topological polar surface area (TPSA) is 46.9 Å². The standard InChI is InChI=1S/C13H13F2N3O/c1-8-5-13(19)12(7-16-2)17-18(8)9-3-4-10(14)11(15)6-9/h3-6,16H,7H2,1-2H3. The minimum Gasteiger partial charge on any atom is -0.314 e. The van der Waals surface area contributed by atoms with E-state index in [0.717, 1.165) is 12.1 Å². The van der Waals surface area contributed by atoms with E-state index in [0.29, 0.717) is 23.6 Å². The number of nitrogens with zero attached hydrogens (tertiary/aromatic N) is 2. The minimum atomic E-state index is -0.951. The van der Waals surface area contributed by atoms with Crippen LogP contribution in [0.5, 0.6) is 0 Å². The van der Waals surface area contributed by atoms with Gasteiger partial charge in [0.1, 0.15) is 5.69 Å². The number of halogens is 2. The Hall–Kier alpha value is -2.08. The van der Waals surface area contributed by atoms with Crippen LogP contribution < -0.4 is 10.7 Å². The molecule has 0 aliphatic rings. The fourth-order valence-electron chi connectivity index (χ4n) is 1.75. The Morgan fingerprint density at radius 2 is 2.00 bits per heavy atom. The number of nitrogens with one attached hydrogen (secondary N) is 1. The van der Waals surface area contributed by atoms with Crippen LogP contribution in [0.4, 0.5) is 8.78 Å². The van der Waals surface area contributed by atoms with Crippen molar-refractivity contribution in [2.75, 3.05) is 7.05 Å². The van der Waals surface area contributed by atoms with E-state index in [9.17, 15) is 13.6 Å². The molecule has 0 atom stereocenters. The third-order valence-electron chi connectivity index (χ3n) is 2.67. The molecular weight excluding hydrogens is 252 g/mol. The predicted octanol–water partition coefficient (Wildman–Crippen LogP) is 1.54. The van der Waals surface area contributed by atoms with Crippen LogP contribution in [-0.2, 0) is 6.54 Å². The lowest BCUT2D eigenvalue weighted by atomic mass is 10.2. The zero-order valence-electron chi connectivity index (χ0n) is 10.6. The summed E-state index contributed by atoms with van der Waals surface area (Å²) in [6, 6.07) is 4.90. The molecule has 1 aromatic heterocycles. The number of hydrogen-bond donors (Lipinski definition) is 1.